The van der Waals surface area contributed by atoms with Crippen molar-refractivity contribution in [1.29, 1.82) is 0 Å². The van der Waals surface area contributed by atoms with Gasteiger partial charge >= 0.3 is 12.2 Å². The Morgan fingerprint density at radius 2 is 1.66 bits per heavy atom. The summed E-state index contributed by atoms with van der Waals surface area (Å²) in [6, 6.07) is 7.84. The molecule has 0 aromatic heterocycles. The lowest BCUT2D eigenvalue weighted by molar-refractivity contribution is -0.136. The summed E-state index contributed by atoms with van der Waals surface area (Å²) in [5, 5.41) is 4.55. The van der Waals surface area contributed by atoms with Crippen LogP contribution in [-0.2, 0) is 6.18 Å². The maximum absolute atomic E-state index is 13.0. The summed E-state index contributed by atoms with van der Waals surface area (Å²) >= 11 is 0. The zero-order valence-corrected chi connectivity index (χ0v) is 15.6. The van der Waals surface area contributed by atoms with E-state index in [1.165, 1.54) is 30.3 Å². The molecule has 0 bridgehead atoms. The van der Waals surface area contributed by atoms with E-state index in [1.54, 1.807) is 0 Å². The molecule has 0 atom stereocenters. The lowest BCUT2D eigenvalue weighted by atomic mass is 10.1. The lowest BCUT2D eigenvalue weighted by Gasteiger charge is -2.15. The summed E-state index contributed by atoms with van der Waals surface area (Å²) in [7, 11) is 0. The Morgan fingerprint density at radius 1 is 1.00 bits per heavy atom. The number of carbonyl (C=O) groups excluding carboxylic acids is 3. The quantitative estimate of drug-likeness (QED) is 0.730. The van der Waals surface area contributed by atoms with Crippen molar-refractivity contribution in [3.05, 3.63) is 59.2 Å². The monoisotopic (exact) mass is 405 g/mol. The normalized spacial score (nSPS) is 13.7. The van der Waals surface area contributed by atoms with Gasteiger partial charge in [0, 0.05) is 12.2 Å². The first-order valence-corrected chi connectivity index (χ1v) is 8.82. The van der Waals surface area contributed by atoms with Gasteiger partial charge in [-0.05, 0) is 36.2 Å². The Morgan fingerprint density at radius 3 is 2.31 bits per heavy atom. The number of benzene rings is 2. The molecule has 9 heteroatoms. The van der Waals surface area contributed by atoms with E-state index in [4.69, 9.17) is 0 Å². The van der Waals surface area contributed by atoms with E-state index in [0.717, 1.165) is 17.0 Å². The molecule has 0 saturated heterocycles. The number of carbonyl (C=O) groups is 3. The third-order valence-electron chi connectivity index (χ3n) is 4.26. The van der Waals surface area contributed by atoms with Gasteiger partial charge < -0.3 is 10.6 Å². The van der Waals surface area contributed by atoms with Gasteiger partial charge in [0.25, 0.3) is 11.8 Å². The maximum atomic E-state index is 13.0. The largest absolute Gasteiger partial charge is 0.418 e. The van der Waals surface area contributed by atoms with Crippen LogP contribution in [0.25, 0.3) is 0 Å². The van der Waals surface area contributed by atoms with Gasteiger partial charge in [0.2, 0.25) is 0 Å². The molecule has 2 aromatic carbocycles. The fourth-order valence-electron chi connectivity index (χ4n) is 3.02. The van der Waals surface area contributed by atoms with Crippen LogP contribution in [0, 0.1) is 5.92 Å². The molecule has 152 valence electrons. The van der Waals surface area contributed by atoms with E-state index in [2.05, 4.69) is 10.6 Å². The molecule has 1 heterocycles. The molecule has 2 N–H and O–H groups in total. The van der Waals surface area contributed by atoms with Crippen molar-refractivity contribution in [2.45, 2.75) is 20.0 Å². The van der Waals surface area contributed by atoms with Gasteiger partial charge in [-0.1, -0.05) is 26.0 Å². The minimum absolute atomic E-state index is 0.0919. The van der Waals surface area contributed by atoms with Crippen molar-refractivity contribution < 1.29 is 27.6 Å². The molecule has 1 aliphatic rings. The molecule has 29 heavy (non-hydrogen) atoms. The van der Waals surface area contributed by atoms with E-state index >= 15 is 0 Å². The number of rotatable bonds is 4. The summed E-state index contributed by atoms with van der Waals surface area (Å²) in [5.74, 6) is -0.784. The number of imide groups is 1. The van der Waals surface area contributed by atoms with E-state index in [-0.39, 0.29) is 29.3 Å². The zero-order chi connectivity index (χ0) is 21.3. The van der Waals surface area contributed by atoms with Crippen LogP contribution in [-0.4, -0.2) is 29.3 Å². The number of alkyl halides is 3. The smallest absolute Gasteiger partial charge is 0.308 e. The van der Waals surface area contributed by atoms with Crippen LogP contribution in [0.5, 0.6) is 0 Å². The van der Waals surface area contributed by atoms with Gasteiger partial charge in [-0.3, -0.25) is 14.5 Å². The molecule has 0 unspecified atom stereocenters. The van der Waals surface area contributed by atoms with E-state index in [0.29, 0.717) is 0 Å². The third kappa shape index (κ3) is 4.23. The molecule has 6 nitrogen and oxygen atoms in total. The summed E-state index contributed by atoms with van der Waals surface area (Å²) in [6.45, 7) is 4.02. The SMILES string of the molecule is CC(C)CN1C(=O)c2ccc(NC(=O)Nc3ccccc3C(F)(F)F)cc2C1=O. The van der Waals surface area contributed by atoms with Crippen molar-refractivity contribution in [3.63, 3.8) is 0 Å². The van der Waals surface area contributed by atoms with Gasteiger partial charge in [0.05, 0.1) is 22.4 Å². The lowest BCUT2D eigenvalue weighted by Crippen LogP contribution is -2.33. The van der Waals surface area contributed by atoms with Crippen molar-refractivity contribution >= 4 is 29.2 Å². The van der Waals surface area contributed by atoms with Gasteiger partial charge in [0.1, 0.15) is 0 Å². The highest BCUT2D eigenvalue weighted by molar-refractivity contribution is 6.22. The summed E-state index contributed by atoms with van der Waals surface area (Å²) < 4.78 is 39.1. The first kappa shape index (κ1) is 20.4. The van der Waals surface area contributed by atoms with E-state index < -0.39 is 35.3 Å². The Kier molecular flexibility index (Phi) is 5.32. The van der Waals surface area contributed by atoms with Crippen LogP contribution in [0.4, 0.5) is 29.3 Å². The predicted octanol–water partition coefficient (Wildman–Crippen LogP) is 4.60. The standard InChI is InChI=1S/C20H18F3N3O3/c1-11(2)10-26-17(27)13-8-7-12(9-14(13)18(26)28)24-19(29)25-16-6-4-3-5-15(16)20(21,22)23/h3-9,11H,10H2,1-2H3,(H2,24,25,29). The number of nitrogens with one attached hydrogen (secondary N) is 2. The second-order valence-corrected chi connectivity index (χ2v) is 7.00. The minimum atomic E-state index is -4.62. The molecule has 4 amide bonds. The van der Waals surface area contributed by atoms with Crippen molar-refractivity contribution in [1.82, 2.24) is 4.90 Å². The number of amides is 4. The first-order valence-electron chi connectivity index (χ1n) is 8.82. The van der Waals surface area contributed by atoms with E-state index in [9.17, 15) is 27.6 Å². The number of para-hydroxylation sites is 1. The van der Waals surface area contributed by atoms with Gasteiger partial charge in [-0.25, -0.2) is 4.79 Å². The first-order chi connectivity index (χ1) is 13.6. The van der Waals surface area contributed by atoms with Crippen LogP contribution >= 0.6 is 0 Å². The van der Waals surface area contributed by atoms with Crippen LogP contribution in [0.3, 0.4) is 0 Å². The highest BCUT2D eigenvalue weighted by atomic mass is 19.4. The maximum Gasteiger partial charge on any atom is 0.418 e. The Bertz CT molecular complexity index is 986. The Hall–Kier alpha value is -3.36. The molecule has 0 aliphatic carbocycles. The summed E-state index contributed by atoms with van der Waals surface area (Å²) in [4.78, 5) is 38.1. The number of halogens is 3. The number of urea groups is 1. The fourth-order valence-corrected chi connectivity index (χ4v) is 3.02. The van der Waals surface area contributed by atoms with Gasteiger partial charge in [-0.2, -0.15) is 13.2 Å². The van der Waals surface area contributed by atoms with Crippen LogP contribution < -0.4 is 10.6 Å². The molecule has 3 rings (SSSR count). The zero-order valence-electron chi connectivity index (χ0n) is 15.6. The highest BCUT2D eigenvalue weighted by Crippen LogP contribution is 2.34. The summed E-state index contributed by atoms with van der Waals surface area (Å²) in [5.41, 5.74) is -0.825. The molecule has 2 aromatic rings. The van der Waals surface area contributed by atoms with Gasteiger partial charge in [-0.15, -0.1) is 0 Å². The van der Waals surface area contributed by atoms with Crippen LogP contribution in [0.2, 0.25) is 0 Å². The number of hydrogen-bond donors (Lipinski definition) is 2. The number of hydrogen-bond acceptors (Lipinski definition) is 3. The Labute approximate surface area is 164 Å². The number of fused-ring (bicyclic) bond motifs is 1. The predicted molar refractivity (Wildman–Crippen MR) is 101 cm³/mol. The topological polar surface area (TPSA) is 78.5 Å². The average molecular weight is 405 g/mol. The van der Waals surface area contributed by atoms with Crippen molar-refractivity contribution in [3.8, 4) is 0 Å². The van der Waals surface area contributed by atoms with Crippen molar-refractivity contribution in [2.24, 2.45) is 5.92 Å². The Balaban J connectivity index is 1.77. The molecular weight excluding hydrogens is 387 g/mol. The molecule has 0 fully saturated rings. The molecular formula is C20H18F3N3O3. The minimum Gasteiger partial charge on any atom is -0.308 e. The second kappa shape index (κ2) is 7.57. The van der Waals surface area contributed by atoms with Crippen molar-refractivity contribution in [2.75, 3.05) is 17.2 Å². The second-order valence-electron chi connectivity index (χ2n) is 7.00. The molecule has 0 spiro atoms. The fraction of sp³-hybridized carbons (Fsp3) is 0.250. The molecule has 1 aliphatic heterocycles. The van der Waals surface area contributed by atoms with Crippen LogP contribution in [0.1, 0.15) is 40.1 Å². The van der Waals surface area contributed by atoms with Gasteiger partial charge in [0.15, 0.2) is 0 Å². The third-order valence-corrected chi connectivity index (χ3v) is 4.26. The van der Waals surface area contributed by atoms with E-state index in [1.807, 2.05) is 13.8 Å². The average Bonchev–Trinajstić information content (AvgIpc) is 2.85. The number of nitrogens with zero attached hydrogens (tertiary/aromatic N) is 1. The van der Waals surface area contributed by atoms with Crippen LogP contribution in [0.15, 0.2) is 42.5 Å². The number of anilines is 2. The molecule has 0 radical (unpaired) electrons. The highest BCUT2D eigenvalue weighted by Gasteiger charge is 2.36. The summed E-state index contributed by atoms with van der Waals surface area (Å²) in [6.07, 6.45) is -4.62. The molecule has 0 saturated carbocycles.